The number of rotatable bonds is 0. The van der Waals surface area contributed by atoms with Gasteiger partial charge in [-0.15, -0.1) is 0 Å². The molecule has 0 saturated carbocycles. The first-order chi connectivity index (χ1) is 5.70. The van der Waals surface area contributed by atoms with Gasteiger partial charge in [0.05, 0.1) is 11.2 Å². The van der Waals surface area contributed by atoms with E-state index in [0.717, 1.165) is 15.9 Å². The van der Waals surface area contributed by atoms with Crippen LogP contribution >= 0.6 is 27.5 Å². The van der Waals surface area contributed by atoms with Crippen LogP contribution in [0.1, 0.15) is 5.69 Å². The third-order valence-corrected chi connectivity index (χ3v) is 2.58. The summed E-state index contributed by atoms with van der Waals surface area (Å²) in [5, 5.41) is 0.667. The molecule has 0 amide bonds. The van der Waals surface area contributed by atoms with Gasteiger partial charge in [0.25, 0.3) is 0 Å². The number of hydrogen-bond acceptors (Lipinski definition) is 1. The van der Waals surface area contributed by atoms with Gasteiger partial charge in [-0.2, -0.15) is 0 Å². The molecule has 0 N–H and O–H groups in total. The highest BCUT2D eigenvalue weighted by atomic mass is 79.9. The zero-order valence-electron chi connectivity index (χ0n) is 6.38. The van der Waals surface area contributed by atoms with Crippen LogP contribution in [0.2, 0.25) is 5.15 Å². The number of aromatic nitrogens is 2. The number of fused-ring (bicyclic) bond motifs is 1. The Morgan fingerprint density at radius 2 is 2.25 bits per heavy atom. The Labute approximate surface area is 83.3 Å². The van der Waals surface area contributed by atoms with Crippen molar-refractivity contribution in [1.29, 1.82) is 0 Å². The lowest BCUT2D eigenvalue weighted by Gasteiger charge is -1.97. The van der Waals surface area contributed by atoms with Crippen molar-refractivity contribution in [2.45, 2.75) is 6.92 Å². The molecule has 2 heterocycles. The van der Waals surface area contributed by atoms with Crippen molar-refractivity contribution >= 4 is 33.0 Å². The summed E-state index contributed by atoms with van der Waals surface area (Å²) in [6, 6.07) is 5.73. The standard InChI is InChI=1S/C8H6BrClN2/c1-5-6-3-2-4-7(10)12(6)8(9)11-5/h2-4H,1H3. The molecule has 0 saturated heterocycles. The van der Waals surface area contributed by atoms with Crippen LogP contribution in [0.25, 0.3) is 5.52 Å². The second-order valence-corrected chi connectivity index (χ2v) is 3.63. The first-order valence-corrected chi connectivity index (χ1v) is 4.66. The molecule has 0 atom stereocenters. The molecule has 0 aliphatic carbocycles. The average Bonchev–Trinajstić information content (AvgIpc) is 2.29. The Morgan fingerprint density at radius 3 is 2.92 bits per heavy atom. The summed E-state index contributed by atoms with van der Waals surface area (Å²) in [6.07, 6.45) is 0. The zero-order valence-corrected chi connectivity index (χ0v) is 8.72. The van der Waals surface area contributed by atoms with E-state index in [9.17, 15) is 0 Å². The number of aryl methyl sites for hydroxylation is 1. The summed E-state index contributed by atoms with van der Waals surface area (Å²) in [4.78, 5) is 4.25. The highest BCUT2D eigenvalue weighted by Crippen LogP contribution is 2.21. The van der Waals surface area contributed by atoms with Gasteiger partial charge in [0.15, 0.2) is 4.73 Å². The molecule has 0 spiro atoms. The van der Waals surface area contributed by atoms with Crippen molar-refractivity contribution in [3.05, 3.63) is 33.8 Å². The largest absolute Gasteiger partial charge is 0.277 e. The maximum atomic E-state index is 5.97. The Kier molecular flexibility index (Phi) is 1.85. The lowest BCUT2D eigenvalue weighted by atomic mass is 10.3. The third kappa shape index (κ3) is 1.04. The van der Waals surface area contributed by atoms with Crippen LogP contribution in [0.3, 0.4) is 0 Å². The normalized spacial score (nSPS) is 10.9. The zero-order chi connectivity index (χ0) is 8.72. The lowest BCUT2D eigenvalue weighted by Crippen LogP contribution is -1.85. The van der Waals surface area contributed by atoms with Crippen LogP contribution < -0.4 is 0 Å². The van der Waals surface area contributed by atoms with E-state index < -0.39 is 0 Å². The van der Waals surface area contributed by atoms with Crippen LogP contribution in [0, 0.1) is 6.92 Å². The predicted molar refractivity (Wildman–Crippen MR) is 52.6 cm³/mol. The highest BCUT2D eigenvalue weighted by Gasteiger charge is 2.06. The van der Waals surface area contributed by atoms with E-state index in [4.69, 9.17) is 11.6 Å². The van der Waals surface area contributed by atoms with Crippen molar-refractivity contribution in [1.82, 2.24) is 9.38 Å². The fourth-order valence-electron chi connectivity index (χ4n) is 1.20. The van der Waals surface area contributed by atoms with E-state index in [2.05, 4.69) is 20.9 Å². The van der Waals surface area contributed by atoms with Crippen LogP contribution in [-0.2, 0) is 0 Å². The third-order valence-electron chi connectivity index (χ3n) is 1.76. The minimum atomic E-state index is 0.667. The molecule has 2 nitrogen and oxygen atoms in total. The number of halogens is 2. The van der Waals surface area contributed by atoms with Crippen molar-refractivity contribution in [2.75, 3.05) is 0 Å². The van der Waals surface area contributed by atoms with Gasteiger partial charge in [-0.1, -0.05) is 17.7 Å². The number of hydrogen-bond donors (Lipinski definition) is 0. The molecular weight excluding hydrogens is 239 g/mol. The minimum Gasteiger partial charge on any atom is -0.277 e. The van der Waals surface area contributed by atoms with E-state index in [-0.39, 0.29) is 0 Å². The second-order valence-electron chi connectivity index (χ2n) is 2.54. The average molecular weight is 246 g/mol. The van der Waals surface area contributed by atoms with Crippen molar-refractivity contribution in [3.8, 4) is 0 Å². The monoisotopic (exact) mass is 244 g/mol. The molecule has 62 valence electrons. The first kappa shape index (κ1) is 8.08. The maximum absolute atomic E-state index is 5.97. The van der Waals surface area contributed by atoms with E-state index in [0.29, 0.717) is 5.15 Å². The molecule has 0 radical (unpaired) electrons. The van der Waals surface area contributed by atoms with Crippen LogP contribution in [0.4, 0.5) is 0 Å². The summed E-state index contributed by atoms with van der Waals surface area (Å²) < 4.78 is 2.61. The molecule has 0 bridgehead atoms. The Hall–Kier alpha value is -0.540. The molecule has 2 rings (SSSR count). The molecule has 0 fully saturated rings. The summed E-state index contributed by atoms with van der Waals surface area (Å²) in [6.45, 7) is 1.95. The van der Waals surface area contributed by atoms with Crippen molar-refractivity contribution in [2.24, 2.45) is 0 Å². The van der Waals surface area contributed by atoms with Crippen LogP contribution in [0.5, 0.6) is 0 Å². The predicted octanol–water partition coefficient (Wildman–Crippen LogP) is 3.06. The molecule has 2 aromatic rings. The molecule has 0 aliphatic heterocycles. The van der Waals surface area contributed by atoms with Gasteiger partial charge >= 0.3 is 0 Å². The fraction of sp³-hybridized carbons (Fsp3) is 0.125. The van der Waals surface area contributed by atoms with Crippen LogP contribution in [0.15, 0.2) is 22.9 Å². The summed E-state index contributed by atoms with van der Waals surface area (Å²) in [7, 11) is 0. The van der Waals surface area contributed by atoms with Crippen molar-refractivity contribution in [3.63, 3.8) is 0 Å². The SMILES string of the molecule is Cc1nc(Br)n2c(Cl)cccc12. The topological polar surface area (TPSA) is 17.3 Å². The molecular formula is C8H6BrClN2. The molecule has 2 aromatic heterocycles. The molecule has 4 heteroatoms. The van der Waals surface area contributed by atoms with Gasteiger partial charge in [-0.05, 0) is 35.0 Å². The van der Waals surface area contributed by atoms with Gasteiger partial charge in [0.2, 0.25) is 0 Å². The number of nitrogens with zero attached hydrogens (tertiary/aromatic N) is 2. The van der Waals surface area contributed by atoms with E-state index >= 15 is 0 Å². The van der Waals surface area contributed by atoms with Crippen LogP contribution in [-0.4, -0.2) is 9.38 Å². The summed E-state index contributed by atoms with van der Waals surface area (Å²) in [5.74, 6) is 0. The van der Waals surface area contributed by atoms with Gasteiger partial charge < -0.3 is 0 Å². The fourth-order valence-corrected chi connectivity index (χ4v) is 2.19. The van der Waals surface area contributed by atoms with E-state index in [1.165, 1.54) is 0 Å². The second kappa shape index (κ2) is 2.75. The smallest absolute Gasteiger partial charge is 0.183 e. The van der Waals surface area contributed by atoms with Crippen molar-refractivity contribution < 1.29 is 0 Å². The Bertz CT molecular complexity index is 436. The molecule has 0 unspecified atom stereocenters. The van der Waals surface area contributed by atoms with E-state index in [1.54, 1.807) is 0 Å². The summed E-state index contributed by atoms with van der Waals surface area (Å²) >= 11 is 9.30. The highest BCUT2D eigenvalue weighted by molar-refractivity contribution is 9.10. The molecule has 12 heavy (non-hydrogen) atoms. The van der Waals surface area contributed by atoms with E-state index in [1.807, 2.05) is 29.5 Å². The molecule has 0 aromatic carbocycles. The van der Waals surface area contributed by atoms with Gasteiger partial charge in [0, 0.05) is 0 Å². The van der Waals surface area contributed by atoms with Gasteiger partial charge in [-0.3, -0.25) is 4.40 Å². The Morgan fingerprint density at radius 1 is 1.50 bits per heavy atom. The van der Waals surface area contributed by atoms with Gasteiger partial charge in [0.1, 0.15) is 5.15 Å². The maximum Gasteiger partial charge on any atom is 0.183 e. The summed E-state index contributed by atoms with van der Waals surface area (Å²) in [5.41, 5.74) is 2.01. The van der Waals surface area contributed by atoms with Gasteiger partial charge in [-0.25, -0.2) is 4.98 Å². The molecule has 0 aliphatic rings. The number of pyridine rings is 1. The first-order valence-electron chi connectivity index (χ1n) is 3.49. The minimum absolute atomic E-state index is 0.667. The lowest BCUT2D eigenvalue weighted by molar-refractivity contribution is 1.09. The quantitative estimate of drug-likeness (QED) is 0.652. The Balaban J connectivity index is 2.99. The number of imidazole rings is 1.